The lowest BCUT2D eigenvalue weighted by Gasteiger charge is -2.33. The van der Waals surface area contributed by atoms with E-state index in [0.29, 0.717) is 6.54 Å². The zero-order valence-corrected chi connectivity index (χ0v) is 11.9. The Morgan fingerprint density at radius 1 is 1.38 bits per heavy atom. The van der Waals surface area contributed by atoms with Crippen molar-refractivity contribution in [1.82, 2.24) is 4.90 Å². The van der Waals surface area contributed by atoms with Crippen molar-refractivity contribution in [3.05, 3.63) is 57.3 Å². The Labute approximate surface area is 124 Å². The SMILES string of the molecule is O=C(O)C1c2ccsc2CCN1Cc1cc(F)ccc1F. The molecule has 1 unspecified atom stereocenters. The molecule has 3 rings (SSSR count). The van der Waals surface area contributed by atoms with Gasteiger partial charge in [-0.1, -0.05) is 0 Å². The minimum Gasteiger partial charge on any atom is -0.480 e. The van der Waals surface area contributed by atoms with Crippen LogP contribution in [-0.2, 0) is 17.8 Å². The molecule has 0 spiro atoms. The van der Waals surface area contributed by atoms with Gasteiger partial charge in [-0.05, 0) is 41.6 Å². The molecule has 1 aromatic carbocycles. The van der Waals surface area contributed by atoms with Gasteiger partial charge in [0, 0.05) is 23.5 Å². The number of hydrogen-bond acceptors (Lipinski definition) is 3. The van der Waals surface area contributed by atoms with Crippen LogP contribution in [-0.4, -0.2) is 22.5 Å². The van der Waals surface area contributed by atoms with E-state index in [-0.39, 0.29) is 12.1 Å². The number of carbonyl (C=O) groups is 1. The zero-order chi connectivity index (χ0) is 15.0. The van der Waals surface area contributed by atoms with Crippen molar-refractivity contribution in [3.63, 3.8) is 0 Å². The van der Waals surface area contributed by atoms with E-state index in [9.17, 15) is 18.7 Å². The molecule has 0 aliphatic carbocycles. The fourth-order valence-electron chi connectivity index (χ4n) is 2.71. The number of carboxylic acids is 1. The molecule has 0 fully saturated rings. The number of carboxylic acid groups (broad SMARTS) is 1. The van der Waals surface area contributed by atoms with Gasteiger partial charge in [0.15, 0.2) is 0 Å². The molecule has 3 nitrogen and oxygen atoms in total. The summed E-state index contributed by atoms with van der Waals surface area (Å²) in [7, 11) is 0. The van der Waals surface area contributed by atoms with Crippen LogP contribution in [0.25, 0.3) is 0 Å². The van der Waals surface area contributed by atoms with Crippen LogP contribution < -0.4 is 0 Å². The molecule has 1 aliphatic heterocycles. The Hall–Kier alpha value is -1.79. The van der Waals surface area contributed by atoms with Crippen LogP contribution in [0.3, 0.4) is 0 Å². The summed E-state index contributed by atoms with van der Waals surface area (Å²) in [6.07, 6.45) is 0.730. The number of aliphatic carboxylic acids is 1. The second kappa shape index (κ2) is 5.54. The first-order chi connectivity index (χ1) is 10.1. The molecular weight excluding hydrogens is 296 g/mol. The minimum absolute atomic E-state index is 0.0792. The first-order valence-electron chi connectivity index (χ1n) is 6.53. The fourth-order valence-corrected chi connectivity index (χ4v) is 3.61. The van der Waals surface area contributed by atoms with E-state index in [4.69, 9.17) is 0 Å². The van der Waals surface area contributed by atoms with Gasteiger partial charge in [-0.25, -0.2) is 8.78 Å². The number of nitrogens with zero attached hydrogens (tertiary/aromatic N) is 1. The molecule has 1 atom stereocenters. The largest absolute Gasteiger partial charge is 0.480 e. The highest BCUT2D eigenvalue weighted by molar-refractivity contribution is 7.10. The molecule has 2 heterocycles. The predicted molar refractivity (Wildman–Crippen MR) is 75.2 cm³/mol. The normalized spacial score (nSPS) is 18.5. The molecule has 6 heteroatoms. The lowest BCUT2D eigenvalue weighted by Crippen LogP contribution is -2.38. The highest BCUT2D eigenvalue weighted by Gasteiger charge is 2.34. The fraction of sp³-hybridized carbons (Fsp3) is 0.267. The predicted octanol–water partition coefficient (Wildman–Crippen LogP) is 3.21. The lowest BCUT2D eigenvalue weighted by atomic mass is 9.99. The van der Waals surface area contributed by atoms with Crippen molar-refractivity contribution < 1.29 is 18.7 Å². The van der Waals surface area contributed by atoms with Crippen molar-refractivity contribution in [1.29, 1.82) is 0 Å². The maximum absolute atomic E-state index is 13.7. The number of halogens is 2. The van der Waals surface area contributed by atoms with Gasteiger partial charge in [-0.3, -0.25) is 9.69 Å². The Morgan fingerprint density at radius 2 is 2.19 bits per heavy atom. The number of hydrogen-bond donors (Lipinski definition) is 1. The van der Waals surface area contributed by atoms with Crippen LogP contribution in [0.5, 0.6) is 0 Å². The van der Waals surface area contributed by atoms with Gasteiger partial charge in [-0.15, -0.1) is 11.3 Å². The van der Waals surface area contributed by atoms with E-state index in [2.05, 4.69) is 0 Å². The zero-order valence-electron chi connectivity index (χ0n) is 11.1. The second-order valence-corrected chi connectivity index (χ2v) is 6.00. The van der Waals surface area contributed by atoms with Crippen molar-refractivity contribution in [3.8, 4) is 0 Å². The van der Waals surface area contributed by atoms with Crippen LogP contribution in [0.1, 0.15) is 22.0 Å². The third-order valence-corrected chi connectivity index (χ3v) is 4.68. The third-order valence-electron chi connectivity index (χ3n) is 3.68. The maximum atomic E-state index is 13.7. The van der Waals surface area contributed by atoms with E-state index in [1.165, 1.54) is 11.3 Å². The molecule has 110 valence electrons. The van der Waals surface area contributed by atoms with Gasteiger partial charge >= 0.3 is 5.97 Å². The minimum atomic E-state index is -0.967. The summed E-state index contributed by atoms with van der Waals surface area (Å²) in [6.45, 7) is 0.594. The lowest BCUT2D eigenvalue weighted by molar-refractivity contribution is -0.144. The summed E-state index contributed by atoms with van der Waals surface area (Å²) >= 11 is 1.54. The van der Waals surface area contributed by atoms with Crippen LogP contribution in [0, 0.1) is 11.6 Å². The van der Waals surface area contributed by atoms with Crippen molar-refractivity contribution in [2.24, 2.45) is 0 Å². The van der Waals surface area contributed by atoms with Crippen LogP contribution in [0.2, 0.25) is 0 Å². The molecule has 0 saturated heterocycles. The number of thiophene rings is 1. The van der Waals surface area contributed by atoms with E-state index in [1.807, 2.05) is 5.38 Å². The highest BCUT2D eigenvalue weighted by atomic mass is 32.1. The first kappa shape index (κ1) is 14.2. The monoisotopic (exact) mass is 309 g/mol. The number of fused-ring (bicyclic) bond motifs is 1. The van der Waals surface area contributed by atoms with Crippen LogP contribution >= 0.6 is 11.3 Å². The van der Waals surface area contributed by atoms with Crippen LogP contribution in [0.4, 0.5) is 8.78 Å². The quantitative estimate of drug-likeness (QED) is 0.946. The molecular formula is C15H13F2NO2S. The Bertz CT molecular complexity index is 686. The summed E-state index contributed by atoms with van der Waals surface area (Å²) < 4.78 is 27.0. The molecule has 0 saturated carbocycles. The molecule has 1 aromatic heterocycles. The standard InChI is InChI=1S/C15H13F2NO2S/c16-10-1-2-12(17)9(7-10)8-18-5-3-13-11(4-6-21-13)14(18)15(19)20/h1-2,4,6-7,14H,3,5,8H2,(H,19,20). The third kappa shape index (κ3) is 2.69. The van der Waals surface area contributed by atoms with E-state index in [0.717, 1.165) is 35.1 Å². The molecule has 0 radical (unpaired) electrons. The van der Waals surface area contributed by atoms with Crippen LogP contribution in [0.15, 0.2) is 29.6 Å². The molecule has 0 amide bonds. The first-order valence-corrected chi connectivity index (χ1v) is 7.41. The van der Waals surface area contributed by atoms with Gasteiger partial charge in [0.1, 0.15) is 17.7 Å². The van der Waals surface area contributed by atoms with Gasteiger partial charge < -0.3 is 5.11 Å². The number of rotatable bonds is 3. The highest BCUT2D eigenvalue weighted by Crippen LogP contribution is 2.34. The Balaban J connectivity index is 1.91. The van der Waals surface area contributed by atoms with Gasteiger partial charge in [0.2, 0.25) is 0 Å². The topological polar surface area (TPSA) is 40.5 Å². The molecule has 2 aromatic rings. The molecule has 1 aliphatic rings. The second-order valence-electron chi connectivity index (χ2n) is 5.00. The Kier molecular flexibility index (Phi) is 3.73. The van der Waals surface area contributed by atoms with Gasteiger partial charge in [-0.2, -0.15) is 0 Å². The summed E-state index contributed by atoms with van der Waals surface area (Å²) in [5.41, 5.74) is 0.940. The molecule has 1 N–H and O–H groups in total. The average molecular weight is 309 g/mol. The smallest absolute Gasteiger partial charge is 0.325 e. The van der Waals surface area contributed by atoms with Gasteiger partial charge in [0.05, 0.1) is 0 Å². The molecule has 0 bridgehead atoms. The summed E-state index contributed by atoms with van der Waals surface area (Å²) in [5, 5.41) is 11.3. The van der Waals surface area contributed by atoms with E-state index in [1.54, 1.807) is 11.0 Å². The van der Waals surface area contributed by atoms with Crippen molar-refractivity contribution >= 4 is 17.3 Å². The maximum Gasteiger partial charge on any atom is 0.325 e. The summed E-state index contributed by atoms with van der Waals surface area (Å²) in [5.74, 6) is -2.01. The van der Waals surface area contributed by atoms with Crippen molar-refractivity contribution in [2.75, 3.05) is 6.54 Å². The Morgan fingerprint density at radius 3 is 2.95 bits per heavy atom. The summed E-state index contributed by atoms with van der Waals surface area (Å²) in [4.78, 5) is 14.3. The van der Waals surface area contributed by atoms with E-state index < -0.39 is 23.6 Å². The van der Waals surface area contributed by atoms with Gasteiger partial charge in [0.25, 0.3) is 0 Å². The molecule has 21 heavy (non-hydrogen) atoms. The van der Waals surface area contributed by atoms with Crippen molar-refractivity contribution in [2.45, 2.75) is 19.0 Å². The number of benzene rings is 1. The average Bonchev–Trinajstić information content (AvgIpc) is 2.90. The van der Waals surface area contributed by atoms with E-state index >= 15 is 0 Å². The summed E-state index contributed by atoms with van der Waals surface area (Å²) in [6, 6.07) is 4.24.